The molecule has 2 heterocycles. The molecular weight excluding hydrogens is 490 g/mol. The van der Waals surface area contributed by atoms with Crippen LogP contribution in [0.2, 0.25) is 0 Å². The van der Waals surface area contributed by atoms with Crippen molar-refractivity contribution in [2.45, 2.75) is 25.3 Å². The van der Waals surface area contributed by atoms with Gasteiger partial charge >= 0.3 is 5.97 Å². The lowest BCUT2D eigenvalue weighted by atomic mass is 9.98. The van der Waals surface area contributed by atoms with Gasteiger partial charge in [0.15, 0.2) is 0 Å². The summed E-state index contributed by atoms with van der Waals surface area (Å²) in [4.78, 5) is 32.5. The van der Waals surface area contributed by atoms with Crippen LogP contribution in [0.15, 0.2) is 97.3 Å². The van der Waals surface area contributed by atoms with E-state index in [9.17, 15) is 14.7 Å². The van der Waals surface area contributed by atoms with Crippen LogP contribution in [0, 0.1) is 0 Å². The molecule has 5 aromatic rings. The highest BCUT2D eigenvalue weighted by Crippen LogP contribution is 2.38. The van der Waals surface area contributed by atoms with Gasteiger partial charge in [-0.1, -0.05) is 66.7 Å². The number of benzene rings is 3. The summed E-state index contributed by atoms with van der Waals surface area (Å²) >= 11 is 0. The van der Waals surface area contributed by atoms with Crippen LogP contribution in [0.4, 0.5) is 0 Å². The topological polar surface area (TPSA) is 104 Å². The van der Waals surface area contributed by atoms with Crippen molar-refractivity contribution >= 4 is 22.8 Å². The molecule has 3 N–H and O–H groups in total. The number of amides is 1. The molecule has 5 rings (SSSR count). The van der Waals surface area contributed by atoms with Gasteiger partial charge in [-0.05, 0) is 47.7 Å². The fraction of sp³-hybridized carbons (Fsp3) is 0.156. The number of aryl methyl sites for hydroxylation is 1. The van der Waals surface area contributed by atoms with Gasteiger partial charge in [0, 0.05) is 22.7 Å². The lowest BCUT2D eigenvalue weighted by Gasteiger charge is -2.17. The Labute approximate surface area is 226 Å². The smallest absolute Gasteiger partial charge is 0.328 e. The molecule has 0 spiro atoms. The van der Waals surface area contributed by atoms with Crippen molar-refractivity contribution in [2.24, 2.45) is 0 Å². The molecule has 196 valence electrons. The maximum absolute atomic E-state index is 12.8. The molecule has 1 atom stereocenters. The van der Waals surface area contributed by atoms with E-state index in [0.29, 0.717) is 24.0 Å². The zero-order valence-electron chi connectivity index (χ0n) is 21.6. The van der Waals surface area contributed by atoms with E-state index < -0.39 is 12.0 Å². The van der Waals surface area contributed by atoms with E-state index >= 15 is 0 Å². The van der Waals surface area contributed by atoms with Crippen molar-refractivity contribution in [3.63, 3.8) is 0 Å². The molecule has 0 aliphatic rings. The molecule has 0 fully saturated rings. The number of carbonyl (C=O) groups excluding carboxylic acids is 2. The molecule has 3 aromatic carbocycles. The Morgan fingerprint density at radius 3 is 2.46 bits per heavy atom. The number of pyridine rings is 1. The van der Waals surface area contributed by atoms with E-state index in [1.807, 2.05) is 84.9 Å². The number of aromatic hydroxyl groups is 1. The number of carbonyl (C=O) groups is 2. The Hall–Kier alpha value is -4.91. The maximum Gasteiger partial charge on any atom is 0.328 e. The number of fused-ring (bicyclic) bond motifs is 1. The van der Waals surface area contributed by atoms with E-state index in [-0.39, 0.29) is 18.1 Å². The number of esters is 1. The summed E-state index contributed by atoms with van der Waals surface area (Å²) in [6.07, 6.45) is 4.70. The number of para-hydroxylation sites is 1. The van der Waals surface area contributed by atoms with Gasteiger partial charge in [0.25, 0.3) is 0 Å². The summed E-state index contributed by atoms with van der Waals surface area (Å²) < 4.78 is 4.90. The average Bonchev–Trinajstić information content (AvgIpc) is 3.40. The first kappa shape index (κ1) is 25.7. The lowest BCUT2D eigenvalue weighted by molar-refractivity contribution is -0.145. The maximum atomic E-state index is 12.8. The number of hydrogen-bond acceptors (Lipinski definition) is 5. The highest BCUT2D eigenvalue weighted by molar-refractivity contribution is 5.89. The second-order valence-corrected chi connectivity index (χ2v) is 9.39. The van der Waals surface area contributed by atoms with Gasteiger partial charge < -0.3 is 20.1 Å². The molecule has 1 unspecified atom stereocenters. The standard InChI is InChI=1S/C32H29N3O4/c1-39-32(38)27(15-12-21-6-3-2-4-7-21)35-30(36)18-22-10-13-23(14-11-22)25-8-5-9-26(31(25)37)28-19-24-16-17-33-20-29(24)34-28/h2-11,13-14,16-17,19-20,27,34,37H,12,15,18H2,1H3,(H,35,36). The van der Waals surface area contributed by atoms with Gasteiger partial charge in [0.05, 0.1) is 30.9 Å². The van der Waals surface area contributed by atoms with Gasteiger partial charge in [0.2, 0.25) is 5.91 Å². The van der Waals surface area contributed by atoms with Crippen molar-refractivity contribution < 1.29 is 19.4 Å². The summed E-state index contributed by atoms with van der Waals surface area (Å²) in [6.45, 7) is 0. The quantitative estimate of drug-likeness (QED) is 0.225. The zero-order valence-corrected chi connectivity index (χ0v) is 21.6. The Kier molecular flexibility index (Phi) is 7.68. The van der Waals surface area contributed by atoms with Crippen molar-refractivity contribution in [2.75, 3.05) is 7.11 Å². The third-order valence-corrected chi connectivity index (χ3v) is 6.77. The van der Waals surface area contributed by atoms with Gasteiger partial charge in [-0.25, -0.2) is 4.79 Å². The zero-order chi connectivity index (χ0) is 27.2. The minimum absolute atomic E-state index is 0.119. The first-order valence-electron chi connectivity index (χ1n) is 12.8. The number of aromatic nitrogens is 2. The molecule has 39 heavy (non-hydrogen) atoms. The highest BCUT2D eigenvalue weighted by atomic mass is 16.5. The molecule has 7 heteroatoms. The second kappa shape index (κ2) is 11.6. The van der Waals surface area contributed by atoms with Crippen LogP contribution in [0.5, 0.6) is 5.75 Å². The number of ether oxygens (including phenoxy) is 1. The van der Waals surface area contributed by atoms with Gasteiger partial charge in [-0.15, -0.1) is 0 Å². The minimum atomic E-state index is -0.720. The predicted molar refractivity (Wildman–Crippen MR) is 151 cm³/mol. The van der Waals surface area contributed by atoms with Gasteiger partial charge in [0.1, 0.15) is 11.8 Å². The summed E-state index contributed by atoms with van der Waals surface area (Å²) in [6, 6.07) is 26.1. The van der Waals surface area contributed by atoms with Crippen molar-refractivity contribution in [3.8, 4) is 28.1 Å². The van der Waals surface area contributed by atoms with E-state index in [1.165, 1.54) is 7.11 Å². The molecule has 0 aliphatic heterocycles. The molecule has 2 aromatic heterocycles. The minimum Gasteiger partial charge on any atom is -0.507 e. The van der Waals surface area contributed by atoms with E-state index in [2.05, 4.69) is 15.3 Å². The van der Waals surface area contributed by atoms with Crippen LogP contribution in [0.25, 0.3) is 33.3 Å². The molecule has 0 aliphatic carbocycles. The molecule has 1 amide bonds. The monoisotopic (exact) mass is 519 g/mol. The Balaban J connectivity index is 1.27. The van der Waals surface area contributed by atoms with Gasteiger partial charge in [-0.2, -0.15) is 0 Å². The number of rotatable bonds is 9. The van der Waals surface area contributed by atoms with Gasteiger partial charge in [-0.3, -0.25) is 9.78 Å². The molecule has 7 nitrogen and oxygen atoms in total. The number of phenolic OH excluding ortho intramolecular Hbond substituents is 1. The van der Waals surface area contributed by atoms with Crippen LogP contribution in [-0.4, -0.2) is 40.1 Å². The van der Waals surface area contributed by atoms with Crippen molar-refractivity contribution in [3.05, 3.63) is 108 Å². The van der Waals surface area contributed by atoms with Crippen LogP contribution < -0.4 is 5.32 Å². The van der Waals surface area contributed by atoms with Crippen LogP contribution >= 0.6 is 0 Å². The first-order valence-corrected chi connectivity index (χ1v) is 12.8. The lowest BCUT2D eigenvalue weighted by Crippen LogP contribution is -2.42. The third kappa shape index (κ3) is 5.99. The third-order valence-electron chi connectivity index (χ3n) is 6.77. The number of aromatic amines is 1. The number of methoxy groups -OCH3 is 1. The van der Waals surface area contributed by atoms with E-state index in [0.717, 1.165) is 33.3 Å². The molecule has 0 radical (unpaired) electrons. The van der Waals surface area contributed by atoms with Crippen LogP contribution in [-0.2, 0) is 27.2 Å². The number of phenols is 1. The molecule has 0 saturated carbocycles. The Bertz CT molecular complexity index is 1560. The Morgan fingerprint density at radius 2 is 1.72 bits per heavy atom. The summed E-state index contributed by atoms with van der Waals surface area (Å²) in [5, 5.41) is 14.9. The highest BCUT2D eigenvalue weighted by Gasteiger charge is 2.21. The van der Waals surface area contributed by atoms with Crippen LogP contribution in [0.3, 0.4) is 0 Å². The average molecular weight is 520 g/mol. The molecular formula is C32H29N3O4. The molecule has 0 saturated heterocycles. The number of nitrogens with one attached hydrogen (secondary N) is 2. The fourth-order valence-corrected chi connectivity index (χ4v) is 4.69. The Morgan fingerprint density at radius 1 is 0.949 bits per heavy atom. The van der Waals surface area contributed by atoms with Crippen molar-refractivity contribution in [1.82, 2.24) is 15.3 Å². The SMILES string of the molecule is COC(=O)C(CCc1ccccc1)NC(=O)Cc1ccc(-c2cccc(-c3cc4ccncc4[nH]3)c2O)cc1. The van der Waals surface area contributed by atoms with Crippen molar-refractivity contribution in [1.29, 1.82) is 0 Å². The number of hydrogen-bond donors (Lipinski definition) is 3. The van der Waals surface area contributed by atoms with Crippen LogP contribution in [0.1, 0.15) is 17.5 Å². The summed E-state index contributed by atoms with van der Waals surface area (Å²) in [7, 11) is 1.32. The predicted octanol–water partition coefficient (Wildman–Crippen LogP) is 5.44. The van der Waals surface area contributed by atoms with E-state index in [4.69, 9.17) is 4.74 Å². The summed E-state index contributed by atoms with van der Waals surface area (Å²) in [5.74, 6) is -0.553. The summed E-state index contributed by atoms with van der Waals surface area (Å²) in [5.41, 5.74) is 5.79. The fourth-order valence-electron chi connectivity index (χ4n) is 4.69. The first-order chi connectivity index (χ1) is 19.0. The number of nitrogens with zero attached hydrogens (tertiary/aromatic N) is 1. The second-order valence-electron chi connectivity index (χ2n) is 9.39. The number of H-pyrrole nitrogens is 1. The molecule has 0 bridgehead atoms. The normalized spacial score (nSPS) is 11.7. The van der Waals surface area contributed by atoms with E-state index in [1.54, 1.807) is 12.4 Å². The largest absolute Gasteiger partial charge is 0.507 e.